The lowest BCUT2D eigenvalue weighted by Crippen LogP contribution is -2.40. The highest BCUT2D eigenvalue weighted by Crippen LogP contribution is 2.25. The Balaban J connectivity index is 1.68. The molecule has 126 valence electrons. The van der Waals surface area contributed by atoms with Gasteiger partial charge in [-0.25, -0.2) is 13.8 Å². The number of amides is 1. The van der Waals surface area contributed by atoms with Crippen molar-refractivity contribution in [1.29, 1.82) is 0 Å². The van der Waals surface area contributed by atoms with E-state index in [1.807, 2.05) is 0 Å². The summed E-state index contributed by atoms with van der Waals surface area (Å²) in [5.41, 5.74) is 0.576. The molecule has 1 atom stereocenters. The Labute approximate surface area is 141 Å². The highest BCUT2D eigenvalue weighted by atomic mass is 32.2. The van der Waals surface area contributed by atoms with E-state index in [0.717, 1.165) is 12.1 Å². The zero-order valence-corrected chi connectivity index (χ0v) is 13.7. The van der Waals surface area contributed by atoms with Crippen molar-refractivity contribution >= 4 is 17.7 Å². The van der Waals surface area contributed by atoms with Crippen LogP contribution in [0.5, 0.6) is 0 Å². The van der Waals surface area contributed by atoms with Crippen LogP contribution in [-0.2, 0) is 17.9 Å². The van der Waals surface area contributed by atoms with E-state index >= 15 is 0 Å². The van der Waals surface area contributed by atoms with Crippen molar-refractivity contribution in [2.45, 2.75) is 25.2 Å². The molecular formula is C16H15F2N3O2S. The second kappa shape index (κ2) is 6.72. The molecule has 5 nitrogen and oxygen atoms in total. The fourth-order valence-electron chi connectivity index (χ4n) is 2.45. The lowest BCUT2D eigenvalue weighted by atomic mass is 10.1. The predicted molar refractivity (Wildman–Crippen MR) is 85.7 cm³/mol. The van der Waals surface area contributed by atoms with Gasteiger partial charge in [0.2, 0.25) is 5.91 Å². The van der Waals surface area contributed by atoms with Gasteiger partial charge in [-0.3, -0.25) is 14.2 Å². The summed E-state index contributed by atoms with van der Waals surface area (Å²) in [6.07, 6.45) is 1.53. The van der Waals surface area contributed by atoms with Crippen LogP contribution in [0.3, 0.4) is 0 Å². The van der Waals surface area contributed by atoms with Gasteiger partial charge in [0.25, 0.3) is 5.56 Å². The fourth-order valence-corrected chi connectivity index (χ4v) is 3.50. The van der Waals surface area contributed by atoms with E-state index in [1.165, 1.54) is 28.6 Å². The van der Waals surface area contributed by atoms with E-state index in [-0.39, 0.29) is 30.1 Å². The second-order valence-electron chi connectivity index (χ2n) is 5.60. The molecule has 24 heavy (non-hydrogen) atoms. The molecule has 1 aromatic heterocycles. The first-order chi connectivity index (χ1) is 11.5. The molecule has 8 heteroatoms. The van der Waals surface area contributed by atoms with Crippen molar-refractivity contribution in [1.82, 2.24) is 14.9 Å². The van der Waals surface area contributed by atoms with Gasteiger partial charge in [-0.15, -0.1) is 0 Å². The minimum atomic E-state index is -0.699. The molecule has 0 radical (unpaired) electrons. The number of hydrogen-bond acceptors (Lipinski definition) is 4. The summed E-state index contributed by atoms with van der Waals surface area (Å²) in [4.78, 5) is 28.6. The number of carbonyl (C=O) groups is 1. The average molecular weight is 351 g/mol. The van der Waals surface area contributed by atoms with Crippen LogP contribution in [0, 0.1) is 24.5 Å². The quantitative estimate of drug-likeness (QED) is 0.858. The fraction of sp³-hybridized carbons (Fsp3) is 0.312. The Morgan fingerprint density at radius 2 is 2.25 bits per heavy atom. The summed E-state index contributed by atoms with van der Waals surface area (Å²) in [7, 11) is 0. The molecular weight excluding hydrogens is 336 g/mol. The molecule has 2 aromatic rings. The maximum absolute atomic E-state index is 13.6. The number of aryl methyl sites for hydroxylation is 1. The number of nitrogens with one attached hydrogen (secondary N) is 1. The van der Waals surface area contributed by atoms with Crippen LogP contribution in [0.2, 0.25) is 0 Å². The molecule has 1 aliphatic rings. The van der Waals surface area contributed by atoms with Crippen molar-refractivity contribution in [3.63, 3.8) is 0 Å². The normalized spacial score (nSPS) is 16.5. The number of aromatic nitrogens is 2. The monoisotopic (exact) mass is 351 g/mol. The van der Waals surface area contributed by atoms with E-state index in [1.54, 1.807) is 6.92 Å². The highest BCUT2D eigenvalue weighted by molar-refractivity contribution is 7.99. The summed E-state index contributed by atoms with van der Waals surface area (Å²) in [5, 5.41) is 3.24. The predicted octanol–water partition coefficient (Wildman–Crippen LogP) is 1.87. The van der Waals surface area contributed by atoms with Gasteiger partial charge >= 0.3 is 0 Å². The third kappa shape index (κ3) is 3.33. The van der Waals surface area contributed by atoms with Crippen LogP contribution in [0.1, 0.15) is 11.1 Å². The van der Waals surface area contributed by atoms with Gasteiger partial charge in [-0.2, -0.15) is 0 Å². The van der Waals surface area contributed by atoms with Crippen LogP contribution in [0.25, 0.3) is 0 Å². The van der Waals surface area contributed by atoms with Gasteiger partial charge in [0.15, 0.2) is 5.16 Å². The zero-order valence-electron chi connectivity index (χ0n) is 12.9. The first-order valence-corrected chi connectivity index (χ1v) is 8.35. The van der Waals surface area contributed by atoms with Crippen molar-refractivity contribution < 1.29 is 13.6 Å². The highest BCUT2D eigenvalue weighted by Gasteiger charge is 2.27. The molecule has 3 rings (SSSR count). The lowest BCUT2D eigenvalue weighted by molar-refractivity contribution is -0.125. The number of thioether (sulfide) groups is 1. The van der Waals surface area contributed by atoms with Crippen molar-refractivity contribution in [2.24, 2.45) is 5.92 Å². The number of carbonyl (C=O) groups excluding carboxylic acids is 1. The zero-order chi connectivity index (χ0) is 17.3. The average Bonchev–Trinajstić information content (AvgIpc) is 2.57. The molecule has 1 aliphatic heterocycles. The van der Waals surface area contributed by atoms with Gasteiger partial charge < -0.3 is 5.32 Å². The smallest absolute Gasteiger partial charge is 0.257 e. The van der Waals surface area contributed by atoms with E-state index in [4.69, 9.17) is 0 Å². The van der Waals surface area contributed by atoms with E-state index in [9.17, 15) is 18.4 Å². The SMILES string of the molecule is Cc1cnc2n(c1=O)CC(C(=O)NCc1ccc(F)cc1F)CS2. The van der Waals surface area contributed by atoms with Crippen molar-refractivity contribution in [3.8, 4) is 0 Å². The Morgan fingerprint density at radius 3 is 3.00 bits per heavy atom. The molecule has 1 unspecified atom stereocenters. The molecule has 0 aliphatic carbocycles. The molecule has 1 aromatic carbocycles. The first-order valence-electron chi connectivity index (χ1n) is 7.36. The third-order valence-electron chi connectivity index (χ3n) is 3.84. The summed E-state index contributed by atoms with van der Waals surface area (Å²) in [6, 6.07) is 3.22. The molecule has 0 fully saturated rings. The Kier molecular flexibility index (Phi) is 4.66. The standard InChI is InChI=1S/C16H15F2N3O2S/c1-9-5-20-16-21(15(9)23)7-11(8-24-16)14(22)19-6-10-2-3-12(17)4-13(10)18/h2-5,11H,6-8H2,1H3,(H,19,22). The molecule has 0 spiro atoms. The number of rotatable bonds is 3. The van der Waals surface area contributed by atoms with E-state index in [2.05, 4.69) is 10.3 Å². The topological polar surface area (TPSA) is 64.0 Å². The van der Waals surface area contributed by atoms with Crippen LogP contribution in [0.4, 0.5) is 8.78 Å². The maximum atomic E-state index is 13.6. The second-order valence-corrected chi connectivity index (χ2v) is 6.59. The van der Waals surface area contributed by atoms with Gasteiger partial charge in [0, 0.05) is 42.2 Å². The Hall–Kier alpha value is -2.22. The molecule has 0 saturated heterocycles. The summed E-state index contributed by atoms with van der Waals surface area (Å²) >= 11 is 1.34. The summed E-state index contributed by atoms with van der Waals surface area (Å²) in [5.74, 6) is -1.55. The maximum Gasteiger partial charge on any atom is 0.257 e. The van der Waals surface area contributed by atoms with Crippen LogP contribution in [-0.4, -0.2) is 21.2 Å². The van der Waals surface area contributed by atoms with Crippen LogP contribution in [0.15, 0.2) is 34.3 Å². The van der Waals surface area contributed by atoms with E-state index in [0.29, 0.717) is 16.5 Å². The lowest BCUT2D eigenvalue weighted by Gasteiger charge is -2.24. The van der Waals surface area contributed by atoms with Crippen molar-refractivity contribution in [3.05, 3.63) is 57.5 Å². The Morgan fingerprint density at radius 1 is 1.46 bits per heavy atom. The number of fused-ring (bicyclic) bond motifs is 1. The van der Waals surface area contributed by atoms with Crippen LogP contribution >= 0.6 is 11.8 Å². The van der Waals surface area contributed by atoms with Gasteiger partial charge in [-0.1, -0.05) is 17.8 Å². The minimum Gasteiger partial charge on any atom is -0.352 e. The minimum absolute atomic E-state index is 0.0278. The number of benzene rings is 1. The number of halogens is 2. The number of nitrogens with zero attached hydrogens (tertiary/aromatic N) is 2. The van der Waals surface area contributed by atoms with Gasteiger partial charge in [-0.05, 0) is 13.0 Å². The van der Waals surface area contributed by atoms with Gasteiger partial charge in [0.05, 0.1) is 5.92 Å². The molecule has 2 heterocycles. The van der Waals surface area contributed by atoms with E-state index < -0.39 is 17.6 Å². The number of hydrogen-bond donors (Lipinski definition) is 1. The third-order valence-corrected chi connectivity index (χ3v) is 4.99. The molecule has 0 bridgehead atoms. The first kappa shape index (κ1) is 16.6. The summed E-state index contributed by atoms with van der Waals surface area (Å²) in [6.45, 7) is 1.89. The summed E-state index contributed by atoms with van der Waals surface area (Å²) < 4.78 is 28.0. The Bertz CT molecular complexity index is 854. The largest absolute Gasteiger partial charge is 0.352 e. The van der Waals surface area contributed by atoms with Crippen LogP contribution < -0.4 is 10.9 Å². The van der Waals surface area contributed by atoms with Gasteiger partial charge in [0.1, 0.15) is 11.6 Å². The molecule has 0 saturated carbocycles. The molecule has 1 amide bonds. The molecule has 1 N–H and O–H groups in total. The van der Waals surface area contributed by atoms with Crippen molar-refractivity contribution in [2.75, 3.05) is 5.75 Å².